The first kappa shape index (κ1) is 20.5. The van der Waals surface area contributed by atoms with E-state index in [0.29, 0.717) is 44.0 Å². The maximum absolute atomic E-state index is 13.1. The van der Waals surface area contributed by atoms with E-state index in [1.165, 1.54) is 4.57 Å². The molecule has 0 saturated heterocycles. The molecule has 0 saturated carbocycles. The minimum absolute atomic E-state index is 0.0467. The number of thioether (sulfide) groups is 1. The maximum Gasteiger partial charge on any atom is 0.262 e. The molecule has 4 aromatic rings. The fourth-order valence-electron chi connectivity index (χ4n) is 3.28. The van der Waals surface area contributed by atoms with E-state index in [1.807, 2.05) is 0 Å². The largest absolute Gasteiger partial charge is 0.467 e. The monoisotopic (exact) mass is 469 g/mol. The van der Waals surface area contributed by atoms with E-state index in [0.717, 1.165) is 11.8 Å². The third-order valence-corrected chi connectivity index (χ3v) is 5.98. The molecule has 32 heavy (non-hydrogen) atoms. The van der Waals surface area contributed by atoms with Crippen LogP contribution in [0.3, 0.4) is 0 Å². The highest BCUT2D eigenvalue weighted by Crippen LogP contribution is 2.34. The number of halogens is 1. The van der Waals surface area contributed by atoms with Crippen LogP contribution in [0.25, 0.3) is 10.9 Å². The van der Waals surface area contributed by atoms with Gasteiger partial charge in [-0.2, -0.15) is 0 Å². The Morgan fingerprint density at radius 3 is 2.88 bits per heavy atom. The number of hydrogen-bond acceptors (Lipinski definition) is 7. The number of ether oxygens (including phenoxy) is 2. The van der Waals surface area contributed by atoms with Crippen LogP contribution in [0.1, 0.15) is 5.76 Å². The highest BCUT2D eigenvalue weighted by atomic mass is 35.5. The number of nitrogens with zero attached hydrogens (tertiary/aromatic N) is 2. The molecule has 1 N–H and O–H groups in total. The van der Waals surface area contributed by atoms with Crippen LogP contribution in [0, 0.1) is 0 Å². The van der Waals surface area contributed by atoms with Crippen molar-refractivity contribution in [3.63, 3.8) is 0 Å². The number of nitrogens with one attached hydrogen (secondary N) is 1. The van der Waals surface area contributed by atoms with Crippen molar-refractivity contribution in [2.75, 3.05) is 17.9 Å². The number of aromatic nitrogens is 2. The van der Waals surface area contributed by atoms with E-state index in [9.17, 15) is 9.59 Å². The summed E-state index contributed by atoms with van der Waals surface area (Å²) in [4.78, 5) is 30.3. The summed E-state index contributed by atoms with van der Waals surface area (Å²) in [6.07, 6.45) is 1.54. The average molecular weight is 470 g/mol. The second kappa shape index (κ2) is 8.60. The van der Waals surface area contributed by atoms with Gasteiger partial charge in [0.25, 0.3) is 5.56 Å². The lowest BCUT2D eigenvalue weighted by Gasteiger charge is -2.12. The third kappa shape index (κ3) is 4.17. The van der Waals surface area contributed by atoms with Gasteiger partial charge in [-0.05, 0) is 42.5 Å². The van der Waals surface area contributed by atoms with Crippen molar-refractivity contribution in [2.45, 2.75) is 11.7 Å². The highest BCUT2D eigenvalue weighted by Gasteiger charge is 2.17. The van der Waals surface area contributed by atoms with Crippen LogP contribution in [0.15, 0.2) is 69.2 Å². The summed E-state index contributed by atoms with van der Waals surface area (Å²) in [5.41, 5.74) is 0.824. The van der Waals surface area contributed by atoms with Crippen molar-refractivity contribution in [3.8, 4) is 11.5 Å². The molecule has 0 fully saturated rings. The number of amides is 1. The van der Waals surface area contributed by atoms with Crippen LogP contribution >= 0.6 is 23.4 Å². The molecule has 8 nitrogen and oxygen atoms in total. The number of rotatable bonds is 6. The fraction of sp³-hybridized carbons (Fsp3) is 0.136. The van der Waals surface area contributed by atoms with Crippen molar-refractivity contribution in [1.82, 2.24) is 9.55 Å². The van der Waals surface area contributed by atoms with Gasteiger partial charge in [-0.15, -0.1) is 0 Å². The van der Waals surface area contributed by atoms with Crippen LogP contribution in [-0.4, -0.2) is 28.0 Å². The van der Waals surface area contributed by atoms with Gasteiger partial charge in [0.2, 0.25) is 12.7 Å². The molecular weight excluding hydrogens is 454 g/mol. The van der Waals surface area contributed by atoms with Gasteiger partial charge >= 0.3 is 0 Å². The quantitative estimate of drug-likeness (QED) is 0.334. The molecule has 0 spiro atoms. The zero-order valence-electron chi connectivity index (χ0n) is 16.5. The maximum atomic E-state index is 13.1. The fourth-order valence-corrected chi connectivity index (χ4v) is 4.25. The smallest absolute Gasteiger partial charge is 0.262 e. The molecule has 0 aliphatic carbocycles. The Morgan fingerprint density at radius 2 is 2.03 bits per heavy atom. The first-order valence-electron chi connectivity index (χ1n) is 9.61. The summed E-state index contributed by atoms with van der Waals surface area (Å²) in [5, 5.41) is 4.12. The van der Waals surface area contributed by atoms with E-state index >= 15 is 0 Å². The molecule has 10 heteroatoms. The van der Waals surface area contributed by atoms with Crippen LogP contribution in [-0.2, 0) is 11.3 Å². The minimum Gasteiger partial charge on any atom is -0.467 e. The Labute approximate surface area is 191 Å². The van der Waals surface area contributed by atoms with E-state index in [4.69, 9.17) is 25.5 Å². The van der Waals surface area contributed by atoms with Crippen LogP contribution in [0.4, 0.5) is 5.69 Å². The van der Waals surface area contributed by atoms with Crippen molar-refractivity contribution in [2.24, 2.45) is 0 Å². The first-order chi connectivity index (χ1) is 15.6. The normalized spacial score (nSPS) is 12.3. The Hall–Kier alpha value is -3.43. The summed E-state index contributed by atoms with van der Waals surface area (Å²) >= 11 is 7.24. The lowest BCUT2D eigenvalue weighted by atomic mass is 10.2. The second-order valence-corrected chi connectivity index (χ2v) is 8.31. The Balaban J connectivity index is 1.39. The van der Waals surface area contributed by atoms with Crippen molar-refractivity contribution >= 4 is 45.9 Å². The predicted octanol–water partition coefficient (Wildman–Crippen LogP) is 4.15. The SMILES string of the molecule is O=C(CSc1nc2cc(Cl)ccc2c(=O)n1Cc1ccco1)Nc1ccc2c(c1)OCO2. The number of benzene rings is 2. The molecular formula is C22H16ClN3O5S. The number of carbonyl (C=O) groups is 1. The molecule has 0 atom stereocenters. The van der Waals surface area contributed by atoms with Crippen molar-refractivity contribution in [1.29, 1.82) is 0 Å². The highest BCUT2D eigenvalue weighted by molar-refractivity contribution is 7.99. The van der Waals surface area contributed by atoms with Gasteiger partial charge in [0.15, 0.2) is 16.7 Å². The predicted molar refractivity (Wildman–Crippen MR) is 121 cm³/mol. The van der Waals surface area contributed by atoms with Crippen molar-refractivity contribution in [3.05, 3.63) is 75.9 Å². The molecule has 162 valence electrons. The van der Waals surface area contributed by atoms with Gasteiger partial charge in [-0.3, -0.25) is 14.2 Å². The third-order valence-electron chi connectivity index (χ3n) is 4.77. The molecule has 5 rings (SSSR count). The molecule has 0 unspecified atom stereocenters. The van der Waals surface area contributed by atoms with Gasteiger partial charge in [0.05, 0.1) is 29.5 Å². The zero-order chi connectivity index (χ0) is 22.1. The lowest BCUT2D eigenvalue weighted by molar-refractivity contribution is -0.113. The zero-order valence-corrected chi connectivity index (χ0v) is 18.1. The van der Waals surface area contributed by atoms with Gasteiger partial charge in [0, 0.05) is 16.8 Å². The number of carbonyl (C=O) groups excluding carboxylic acids is 1. The average Bonchev–Trinajstić information content (AvgIpc) is 3.46. The number of anilines is 1. The molecule has 0 radical (unpaired) electrons. The van der Waals surface area contributed by atoms with E-state index in [2.05, 4.69) is 10.3 Å². The summed E-state index contributed by atoms with van der Waals surface area (Å²) < 4.78 is 17.5. The standard InChI is InChI=1S/C22H16ClN3O5S/c23-13-3-5-16-17(8-13)25-22(26(21(16)28)10-15-2-1-7-29-15)32-11-20(27)24-14-4-6-18-19(9-14)31-12-30-18/h1-9H,10-12H2,(H,24,27). The number of furan rings is 1. The van der Waals surface area contributed by atoms with E-state index in [1.54, 1.807) is 54.8 Å². The van der Waals surface area contributed by atoms with Gasteiger partial charge in [-0.25, -0.2) is 4.98 Å². The van der Waals surface area contributed by atoms with Gasteiger partial charge in [0.1, 0.15) is 5.76 Å². The van der Waals surface area contributed by atoms with Crippen LogP contribution in [0.2, 0.25) is 5.02 Å². The Morgan fingerprint density at radius 1 is 1.16 bits per heavy atom. The van der Waals surface area contributed by atoms with E-state index < -0.39 is 0 Å². The van der Waals surface area contributed by atoms with E-state index in [-0.39, 0.29) is 30.6 Å². The van der Waals surface area contributed by atoms with Crippen LogP contribution in [0.5, 0.6) is 11.5 Å². The number of hydrogen-bond donors (Lipinski definition) is 1. The lowest BCUT2D eigenvalue weighted by Crippen LogP contribution is -2.24. The molecule has 1 amide bonds. The first-order valence-corrected chi connectivity index (χ1v) is 11.0. The topological polar surface area (TPSA) is 95.6 Å². The molecule has 0 bridgehead atoms. The minimum atomic E-state index is -0.251. The molecule has 3 heterocycles. The van der Waals surface area contributed by atoms with Crippen molar-refractivity contribution < 1.29 is 18.7 Å². The second-order valence-electron chi connectivity index (χ2n) is 6.93. The van der Waals surface area contributed by atoms with Crippen LogP contribution < -0.4 is 20.3 Å². The Bertz CT molecular complexity index is 1370. The summed E-state index contributed by atoms with van der Waals surface area (Å²) in [6.45, 7) is 0.358. The molecule has 2 aromatic heterocycles. The molecule has 1 aliphatic rings. The summed E-state index contributed by atoms with van der Waals surface area (Å²) in [7, 11) is 0. The molecule has 2 aromatic carbocycles. The summed E-state index contributed by atoms with van der Waals surface area (Å²) in [6, 6.07) is 13.6. The molecule has 1 aliphatic heterocycles. The summed E-state index contributed by atoms with van der Waals surface area (Å²) in [5.74, 6) is 1.62. The number of fused-ring (bicyclic) bond motifs is 2. The Kier molecular flexibility index (Phi) is 5.50. The van der Waals surface area contributed by atoms with Gasteiger partial charge < -0.3 is 19.2 Å². The van der Waals surface area contributed by atoms with Gasteiger partial charge in [-0.1, -0.05) is 23.4 Å².